The molecule has 0 saturated carbocycles. The van der Waals surface area contributed by atoms with Crippen LogP contribution in [0, 0.1) is 0 Å². The smallest absolute Gasteiger partial charge is 0.322 e. The number of amides is 4. The summed E-state index contributed by atoms with van der Waals surface area (Å²) in [6, 6.07) is 12.4. The highest BCUT2D eigenvalue weighted by Gasteiger charge is 2.30. The first-order valence-corrected chi connectivity index (χ1v) is 7.24. The fraction of sp³-hybridized carbons (Fsp3) is 0.118. The van der Waals surface area contributed by atoms with E-state index in [9.17, 15) is 14.4 Å². The van der Waals surface area contributed by atoms with Gasteiger partial charge in [0.15, 0.2) is 0 Å². The SMILES string of the molecule is COc1ccccc1C(=O)Nc1ccc(C2NC(=O)NC2=O)cc1. The van der Waals surface area contributed by atoms with Gasteiger partial charge in [0.05, 0.1) is 12.7 Å². The molecule has 1 atom stereocenters. The maximum atomic E-state index is 12.3. The standard InChI is InChI=1S/C17H15N3O4/c1-24-13-5-3-2-4-12(13)15(21)18-11-8-6-10(7-9-11)14-16(22)20-17(23)19-14/h2-9,14H,1H3,(H,18,21)(H2,19,20,22,23). The highest BCUT2D eigenvalue weighted by molar-refractivity contribution is 6.06. The van der Waals surface area contributed by atoms with Crippen LogP contribution < -0.4 is 20.7 Å². The van der Waals surface area contributed by atoms with E-state index in [1.165, 1.54) is 7.11 Å². The molecular formula is C17H15N3O4. The summed E-state index contributed by atoms with van der Waals surface area (Å²) in [6.07, 6.45) is 0. The zero-order valence-corrected chi connectivity index (χ0v) is 12.8. The molecule has 3 rings (SSSR count). The van der Waals surface area contributed by atoms with Gasteiger partial charge in [-0.1, -0.05) is 24.3 Å². The van der Waals surface area contributed by atoms with Gasteiger partial charge < -0.3 is 15.4 Å². The molecule has 1 aliphatic rings. The van der Waals surface area contributed by atoms with Crippen LogP contribution in [0.25, 0.3) is 0 Å². The van der Waals surface area contributed by atoms with E-state index in [1.807, 2.05) is 0 Å². The first-order chi connectivity index (χ1) is 11.6. The van der Waals surface area contributed by atoms with Crippen molar-refractivity contribution in [1.82, 2.24) is 10.6 Å². The summed E-state index contributed by atoms with van der Waals surface area (Å²) in [5, 5.41) is 7.46. The van der Waals surface area contributed by atoms with Gasteiger partial charge >= 0.3 is 6.03 Å². The molecule has 0 spiro atoms. The van der Waals surface area contributed by atoms with Crippen molar-refractivity contribution in [3.05, 3.63) is 59.7 Å². The summed E-state index contributed by atoms with van der Waals surface area (Å²) < 4.78 is 5.17. The average Bonchev–Trinajstić information content (AvgIpc) is 2.94. The van der Waals surface area contributed by atoms with Gasteiger partial charge in [0, 0.05) is 5.69 Å². The predicted octanol–water partition coefficient (Wildman–Crippen LogP) is 1.83. The number of nitrogens with one attached hydrogen (secondary N) is 3. The van der Waals surface area contributed by atoms with Crippen LogP contribution in [-0.2, 0) is 4.79 Å². The summed E-state index contributed by atoms with van der Waals surface area (Å²) in [4.78, 5) is 35.1. The monoisotopic (exact) mass is 325 g/mol. The fourth-order valence-electron chi connectivity index (χ4n) is 2.44. The van der Waals surface area contributed by atoms with Gasteiger partial charge in [0.25, 0.3) is 11.8 Å². The number of carbonyl (C=O) groups excluding carboxylic acids is 3. The molecule has 122 valence electrons. The van der Waals surface area contributed by atoms with E-state index in [0.717, 1.165) is 0 Å². The first-order valence-electron chi connectivity index (χ1n) is 7.24. The van der Waals surface area contributed by atoms with Gasteiger partial charge in [-0.3, -0.25) is 14.9 Å². The number of anilines is 1. The molecule has 24 heavy (non-hydrogen) atoms. The lowest BCUT2D eigenvalue weighted by Gasteiger charge is -2.11. The number of methoxy groups -OCH3 is 1. The number of rotatable bonds is 4. The third-order valence-corrected chi connectivity index (χ3v) is 3.63. The van der Waals surface area contributed by atoms with Crippen LogP contribution in [0.15, 0.2) is 48.5 Å². The van der Waals surface area contributed by atoms with Crippen LogP contribution in [0.4, 0.5) is 10.5 Å². The Balaban J connectivity index is 1.73. The largest absolute Gasteiger partial charge is 0.496 e. The van der Waals surface area contributed by atoms with E-state index in [2.05, 4.69) is 16.0 Å². The lowest BCUT2D eigenvalue weighted by molar-refractivity contribution is -0.120. The summed E-state index contributed by atoms with van der Waals surface area (Å²) in [7, 11) is 1.50. The Bertz CT molecular complexity index is 802. The van der Waals surface area contributed by atoms with Gasteiger partial charge in [-0.15, -0.1) is 0 Å². The number of para-hydroxylation sites is 1. The molecule has 1 unspecified atom stereocenters. The van der Waals surface area contributed by atoms with Crippen molar-refractivity contribution in [3.8, 4) is 5.75 Å². The average molecular weight is 325 g/mol. The molecule has 0 bridgehead atoms. The minimum atomic E-state index is -0.712. The van der Waals surface area contributed by atoms with Crippen molar-refractivity contribution in [3.63, 3.8) is 0 Å². The number of imide groups is 1. The van der Waals surface area contributed by atoms with Crippen LogP contribution >= 0.6 is 0 Å². The summed E-state index contributed by atoms with van der Waals surface area (Å²) in [6.45, 7) is 0. The Kier molecular flexibility index (Phi) is 4.15. The molecular weight excluding hydrogens is 310 g/mol. The highest BCUT2D eigenvalue weighted by atomic mass is 16.5. The van der Waals surface area contributed by atoms with E-state index in [1.54, 1.807) is 48.5 Å². The first kappa shape index (κ1) is 15.5. The van der Waals surface area contributed by atoms with Crippen LogP contribution in [0.1, 0.15) is 22.0 Å². The van der Waals surface area contributed by atoms with Gasteiger partial charge in [0.1, 0.15) is 11.8 Å². The number of hydrogen-bond donors (Lipinski definition) is 3. The Labute approximate surface area is 138 Å². The molecule has 0 aliphatic carbocycles. The lowest BCUT2D eigenvalue weighted by Crippen LogP contribution is -2.22. The van der Waals surface area contributed by atoms with Gasteiger partial charge in [0.2, 0.25) is 0 Å². The van der Waals surface area contributed by atoms with E-state index < -0.39 is 18.0 Å². The van der Waals surface area contributed by atoms with E-state index >= 15 is 0 Å². The second-order valence-corrected chi connectivity index (χ2v) is 5.17. The van der Waals surface area contributed by atoms with Crippen LogP contribution in [-0.4, -0.2) is 25.0 Å². The summed E-state index contributed by atoms with van der Waals surface area (Å²) >= 11 is 0. The number of carbonyl (C=O) groups is 3. The minimum absolute atomic E-state index is 0.299. The topological polar surface area (TPSA) is 96.5 Å². The molecule has 3 N–H and O–H groups in total. The number of ether oxygens (including phenoxy) is 1. The molecule has 1 heterocycles. The highest BCUT2D eigenvalue weighted by Crippen LogP contribution is 2.21. The van der Waals surface area contributed by atoms with E-state index in [0.29, 0.717) is 22.6 Å². The fourth-order valence-corrected chi connectivity index (χ4v) is 2.44. The third-order valence-electron chi connectivity index (χ3n) is 3.63. The second-order valence-electron chi connectivity index (χ2n) is 5.17. The van der Waals surface area contributed by atoms with Gasteiger partial charge in [-0.05, 0) is 29.8 Å². The molecule has 2 aromatic rings. The van der Waals surface area contributed by atoms with Crippen molar-refractivity contribution >= 4 is 23.5 Å². The minimum Gasteiger partial charge on any atom is -0.496 e. The molecule has 7 nitrogen and oxygen atoms in total. The normalized spacial score (nSPS) is 16.3. The maximum absolute atomic E-state index is 12.3. The molecule has 0 aromatic heterocycles. The van der Waals surface area contributed by atoms with Crippen molar-refractivity contribution in [2.45, 2.75) is 6.04 Å². The Morgan fingerprint density at radius 2 is 1.79 bits per heavy atom. The third kappa shape index (κ3) is 3.05. The Morgan fingerprint density at radius 3 is 2.42 bits per heavy atom. The van der Waals surface area contributed by atoms with Crippen molar-refractivity contribution in [2.24, 2.45) is 0 Å². The summed E-state index contributed by atoms with van der Waals surface area (Å²) in [5.41, 5.74) is 1.62. The summed E-state index contributed by atoms with van der Waals surface area (Å²) in [5.74, 6) is -0.213. The molecule has 1 saturated heterocycles. The number of urea groups is 1. The zero-order valence-electron chi connectivity index (χ0n) is 12.8. The van der Waals surface area contributed by atoms with Crippen LogP contribution in [0.5, 0.6) is 5.75 Å². The van der Waals surface area contributed by atoms with Gasteiger partial charge in [-0.2, -0.15) is 0 Å². The zero-order chi connectivity index (χ0) is 17.1. The quantitative estimate of drug-likeness (QED) is 0.747. The number of benzene rings is 2. The molecule has 4 amide bonds. The van der Waals surface area contributed by atoms with Crippen LogP contribution in [0.2, 0.25) is 0 Å². The lowest BCUT2D eigenvalue weighted by atomic mass is 10.1. The Hall–Kier alpha value is -3.35. The predicted molar refractivity (Wildman–Crippen MR) is 86.8 cm³/mol. The van der Waals surface area contributed by atoms with E-state index in [4.69, 9.17) is 4.74 Å². The van der Waals surface area contributed by atoms with E-state index in [-0.39, 0.29) is 5.91 Å². The Morgan fingerprint density at radius 1 is 1.08 bits per heavy atom. The molecule has 1 aliphatic heterocycles. The second kappa shape index (κ2) is 6.41. The van der Waals surface area contributed by atoms with Crippen molar-refractivity contribution in [2.75, 3.05) is 12.4 Å². The molecule has 7 heteroatoms. The molecule has 1 fully saturated rings. The van der Waals surface area contributed by atoms with Gasteiger partial charge in [-0.25, -0.2) is 4.79 Å². The molecule has 0 radical (unpaired) electrons. The van der Waals surface area contributed by atoms with Crippen LogP contribution in [0.3, 0.4) is 0 Å². The van der Waals surface area contributed by atoms with Crippen molar-refractivity contribution in [1.29, 1.82) is 0 Å². The molecule has 2 aromatic carbocycles. The number of hydrogen-bond acceptors (Lipinski definition) is 4. The van der Waals surface area contributed by atoms with Crippen molar-refractivity contribution < 1.29 is 19.1 Å². The maximum Gasteiger partial charge on any atom is 0.322 e.